The molecule has 0 aliphatic heterocycles. The first kappa shape index (κ1) is 16.4. The number of amides is 2. The number of thioether (sulfide) groups is 1. The fourth-order valence-corrected chi connectivity index (χ4v) is 2.22. The summed E-state index contributed by atoms with van der Waals surface area (Å²) in [6.45, 7) is 1.99. The predicted molar refractivity (Wildman–Crippen MR) is 79.8 cm³/mol. The lowest BCUT2D eigenvalue weighted by Crippen LogP contribution is -2.49. The van der Waals surface area contributed by atoms with Gasteiger partial charge in [-0.15, -0.1) is 0 Å². The summed E-state index contributed by atoms with van der Waals surface area (Å²) in [6, 6.07) is 5.91. The average Bonchev–Trinajstić information content (AvgIpc) is 2.43. The molecule has 0 aromatic heterocycles. The van der Waals surface area contributed by atoms with E-state index in [1.807, 2.05) is 31.4 Å². The first-order valence-electron chi connectivity index (χ1n) is 6.43. The summed E-state index contributed by atoms with van der Waals surface area (Å²) in [4.78, 5) is 22.8. The van der Waals surface area contributed by atoms with E-state index < -0.39 is 18.0 Å². The molecule has 1 aromatic rings. The highest BCUT2D eigenvalue weighted by atomic mass is 32.2. The monoisotopic (exact) mass is 295 g/mol. The van der Waals surface area contributed by atoms with E-state index in [1.165, 1.54) is 11.8 Å². The van der Waals surface area contributed by atoms with Crippen molar-refractivity contribution in [1.82, 2.24) is 5.32 Å². The van der Waals surface area contributed by atoms with E-state index >= 15 is 0 Å². The van der Waals surface area contributed by atoms with Gasteiger partial charge in [0.1, 0.15) is 0 Å². The van der Waals surface area contributed by atoms with Gasteiger partial charge in [0.05, 0.1) is 12.0 Å². The number of carboxylic acid groups (broad SMARTS) is 1. The van der Waals surface area contributed by atoms with E-state index in [0.717, 1.165) is 12.0 Å². The van der Waals surface area contributed by atoms with E-state index in [-0.39, 0.29) is 0 Å². The first-order valence-corrected chi connectivity index (χ1v) is 7.83. The van der Waals surface area contributed by atoms with Gasteiger partial charge in [-0.25, -0.2) is 4.79 Å². The van der Waals surface area contributed by atoms with Gasteiger partial charge in [0.25, 0.3) is 0 Å². The van der Waals surface area contributed by atoms with Crippen molar-refractivity contribution < 1.29 is 14.7 Å². The van der Waals surface area contributed by atoms with E-state index in [0.29, 0.717) is 17.9 Å². The zero-order valence-corrected chi connectivity index (χ0v) is 12.5. The van der Waals surface area contributed by atoms with E-state index in [1.54, 1.807) is 6.07 Å². The Morgan fingerprint density at radius 2 is 2.05 bits per heavy atom. The van der Waals surface area contributed by atoms with Crippen LogP contribution in [-0.4, -0.2) is 30.1 Å². The number of aliphatic carboxylic acids is 1. The highest BCUT2D eigenvalue weighted by molar-refractivity contribution is 7.98. The number of hydrogen-bond acceptors (Lipinski definition) is 4. The summed E-state index contributed by atoms with van der Waals surface area (Å²) in [6.07, 6.45) is 3.00. The summed E-state index contributed by atoms with van der Waals surface area (Å²) in [5, 5.41) is 16.1. The van der Waals surface area contributed by atoms with Crippen LogP contribution < -0.4 is 15.7 Å². The maximum Gasteiger partial charge on any atom is 0.319 e. The lowest BCUT2D eigenvalue weighted by molar-refractivity contribution is -0.308. The number of carbonyl (C=O) groups excluding carboxylic acids is 2. The number of aryl methyl sites for hydroxylation is 1. The van der Waals surface area contributed by atoms with E-state index in [9.17, 15) is 14.7 Å². The average molecular weight is 295 g/mol. The van der Waals surface area contributed by atoms with Crippen molar-refractivity contribution in [2.45, 2.75) is 25.8 Å². The molecular weight excluding hydrogens is 276 g/mol. The first-order chi connectivity index (χ1) is 9.58. The zero-order valence-electron chi connectivity index (χ0n) is 11.6. The summed E-state index contributed by atoms with van der Waals surface area (Å²) >= 11 is 1.52. The lowest BCUT2D eigenvalue weighted by Gasteiger charge is -2.20. The highest BCUT2D eigenvalue weighted by Gasteiger charge is 2.13. The van der Waals surface area contributed by atoms with Crippen LogP contribution in [0.1, 0.15) is 18.9 Å². The van der Waals surface area contributed by atoms with Crippen LogP contribution >= 0.6 is 11.8 Å². The number of carboxylic acids is 1. The molecule has 1 atom stereocenters. The van der Waals surface area contributed by atoms with E-state index in [2.05, 4.69) is 10.6 Å². The second kappa shape index (κ2) is 8.47. The summed E-state index contributed by atoms with van der Waals surface area (Å²) < 4.78 is 0. The minimum Gasteiger partial charge on any atom is -0.548 e. The Labute approximate surface area is 123 Å². The molecule has 0 unspecified atom stereocenters. The zero-order chi connectivity index (χ0) is 15.0. The second-order valence-electron chi connectivity index (χ2n) is 4.26. The molecule has 2 amide bonds. The fraction of sp³-hybridized carbons (Fsp3) is 0.429. The molecule has 1 aromatic carbocycles. The summed E-state index contributed by atoms with van der Waals surface area (Å²) in [5.74, 6) is -0.622. The number of urea groups is 1. The number of nitrogens with one attached hydrogen (secondary N) is 2. The van der Waals surface area contributed by atoms with Gasteiger partial charge in [-0.3, -0.25) is 0 Å². The molecule has 0 bridgehead atoms. The SMILES string of the molecule is CCc1ccccc1NC(=O)N[C@@H](CCSC)C(=O)[O-]. The van der Waals surface area contributed by atoms with E-state index in [4.69, 9.17) is 0 Å². The van der Waals surface area contributed by atoms with Gasteiger partial charge in [0, 0.05) is 5.69 Å². The molecule has 0 fully saturated rings. The largest absolute Gasteiger partial charge is 0.548 e. The van der Waals surface area contributed by atoms with Crippen molar-refractivity contribution in [3.05, 3.63) is 29.8 Å². The molecule has 0 aliphatic carbocycles. The molecule has 0 radical (unpaired) electrons. The molecule has 2 N–H and O–H groups in total. The Kier molecular flexibility index (Phi) is 6.93. The maximum absolute atomic E-state index is 11.8. The van der Waals surface area contributed by atoms with Gasteiger partial charge in [-0.05, 0) is 36.5 Å². The number of anilines is 1. The van der Waals surface area contributed by atoms with Gasteiger partial charge < -0.3 is 20.5 Å². The normalized spacial score (nSPS) is 11.7. The number of benzene rings is 1. The Morgan fingerprint density at radius 1 is 1.35 bits per heavy atom. The number of para-hydroxylation sites is 1. The molecule has 5 nitrogen and oxygen atoms in total. The molecule has 0 saturated heterocycles. The van der Waals surface area contributed by atoms with Crippen LogP contribution in [-0.2, 0) is 11.2 Å². The maximum atomic E-state index is 11.8. The lowest BCUT2D eigenvalue weighted by atomic mass is 10.1. The molecule has 1 rings (SSSR count). The van der Waals surface area contributed by atoms with Gasteiger partial charge in [-0.1, -0.05) is 25.1 Å². The third-order valence-electron chi connectivity index (χ3n) is 2.85. The molecule has 0 heterocycles. The Hall–Kier alpha value is -1.69. The minimum atomic E-state index is -1.27. The van der Waals surface area contributed by atoms with Crippen molar-refractivity contribution in [1.29, 1.82) is 0 Å². The molecular formula is C14H19N2O3S-. The predicted octanol–water partition coefficient (Wildman–Crippen LogP) is 1.24. The molecule has 6 heteroatoms. The highest BCUT2D eigenvalue weighted by Crippen LogP contribution is 2.15. The Morgan fingerprint density at radius 3 is 2.65 bits per heavy atom. The Balaban J connectivity index is 2.63. The van der Waals surface area contributed by atoms with Crippen molar-refractivity contribution in [3.63, 3.8) is 0 Å². The van der Waals surface area contributed by atoms with Gasteiger partial charge >= 0.3 is 6.03 Å². The smallest absolute Gasteiger partial charge is 0.319 e. The van der Waals surface area contributed by atoms with Crippen LogP contribution in [0.3, 0.4) is 0 Å². The van der Waals surface area contributed by atoms with Gasteiger partial charge in [0.2, 0.25) is 0 Å². The van der Waals surface area contributed by atoms with Crippen molar-refractivity contribution in [3.8, 4) is 0 Å². The molecule has 0 spiro atoms. The van der Waals surface area contributed by atoms with Crippen LogP contribution in [0.15, 0.2) is 24.3 Å². The molecule has 110 valence electrons. The fourth-order valence-electron chi connectivity index (χ4n) is 1.75. The van der Waals surface area contributed by atoms with Gasteiger partial charge in [-0.2, -0.15) is 11.8 Å². The third kappa shape index (κ3) is 5.13. The van der Waals surface area contributed by atoms with Crippen LogP contribution in [0, 0.1) is 0 Å². The summed E-state index contributed by atoms with van der Waals surface area (Å²) in [7, 11) is 0. The molecule has 0 saturated carbocycles. The van der Waals surface area contributed by atoms with Gasteiger partial charge in [0.15, 0.2) is 0 Å². The standard InChI is InChI=1S/C14H20N2O3S/c1-3-10-6-4-5-7-11(10)15-14(19)16-12(13(17)18)8-9-20-2/h4-7,12H,3,8-9H2,1-2H3,(H,17,18)(H2,15,16,19)/p-1/t12-/m0/s1. The topological polar surface area (TPSA) is 81.3 Å². The quantitative estimate of drug-likeness (QED) is 0.793. The van der Waals surface area contributed by atoms with Crippen LogP contribution in [0.2, 0.25) is 0 Å². The molecule has 0 aliphatic rings. The number of hydrogen-bond donors (Lipinski definition) is 2. The third-order valence-corrected chi connectivity index (χ3v) is 3.49. The summed E-state index contributed by atoms with van der Waals surface area (Å²) in [5.41, 5.74) is 1.69. The Bertz CT molecular complexity index is 465. The van der Waals surface area contributed by atoms with Crippen molar-refractivity contribution >= 4 is 29.4 Å². The van der Waals surface area contributed by atoms with Crippen molar-refractivity contribution in [2.24, 2.45) is 0 Å². The molecule has 20 heavy (non-hydrogen) atoms. The van der Waals surface area contributed by atoms with Crippen molar-refractivity contribution in [2.75, 3.05) is 17.3 Å². The number of carbonyl (C=O) groups is 2. The second-order valence-corrected chi connectivity index (χ2v) is 5.25. The number of rotatable bonds is 7. The minimum absolute atomic E-state index is 0.340. The van der Waals surface area contributed by atoms with Crippen LogP contribution in [0.25, 0.3) is 0 Å². The van der Waals surface area contributed by atoms with Crippen LogP contribution in [0.5, 0.6) is 0 Å². The van der Waals surface area contributed by atoms with Crippen LogP contribution in [0.4, 0.5) is 10.5 Å².